The van der Waals surface area contributed by atoms with Gasteiger partial charge in [0.2, 0.25) is 0 Å². The molecule has 0 aliphatic rings. The van der Waals surface area contributed by atoms with Gasteiger partial charge in [0, 0.05) is 12.6 Å². The SMILES string of the molecule is C=N/C=N\C=C/Cc1cnon1. The van der Waals surface area contributed by atoms with Gasteiger partial charge in [-0.2, -0.15) is 0 Å². The fourth-order valence-corrected chi connectivity index (χ4v) is 0.594. The summed E-state index contributed by atoms with van der Waals surface area (Å²) in [5.74, 6) is 0. The molecule has 0 radical (unpaired) electrons. The van der Waals surface area contributed by atoms with Crippen molar-refractivity contribution in [2.75, 3.05) is 0 Å². The molecule has 0 N–H and O–H groups in total. The number of rotatable bonds is 4. The van der Waals surface area contributed by atoms with Crippen molar-refractivity contribution in [2.45, 2.75) is 6.42 Å². The van der Waals surface area contributed by atoms with Crippen LogP contribution < -0.4 is 0 Å². The topological polar surface area (TPSA) is 63.6 Å². The second-order valence-electron chi connectivity index (χ2n) is 1.93. The van der Waals surface area contributed by atoms with Crippen molar-refractivity contribution in [3.8, 4) is 0 Å². The van der Waals surface area contributed by atoms with Gasteiger partial charge in [-0.25, -0.2) is 9.62 Å². The summed E-state index contributed by atoms with van der Waals surface area (Å²) in [5, 5.41) is 7.06. The van der Waals surface area contributed by atoms with Crippen LogP contribution in [-0.4, -0.2) is 23.4 Å². The Morgan fingerprint density at radius 3 is 3.25 bits per heavy atom. The molecule has 0 aromatic carbocycles. The molecule has 0 amide bonds. The van der Waals surface area contributed by atoms with Crippen LogP contribution in [0.3, 0.4) is 0 Å². The molecular weight excluding hydrogens is 156 g/mol. The van der Waals surface area contributed by atoms with Crippen LogP contribution in [0.5, 0.6) is 0 Å². The van der Waals surface area contributed by atoms with Crippen LogP contribution in [0.2, 0.25) is 0 Å². The first-order chi connectivity index (χ1) is 5.93. The Labute approximate surface area is 69.5 Å². The van der Waals surface area contributed by atoms with Gasteiger partial charge < -0.3 is 0 Å². The zero-order valence-corrected chi connectivity index (χ0v) is 6.42. The van der Waals surface area contributed by atoms with E-state index < -0.39 is 0 Å². The third kappa shape index (κ3) is 2.87. The highest BCUT2D eigenvalue weighted by molar-refractivity contribution is 5.62. The van der Waals surface area contributed by atoms with Crippen LogP contribution in [0, 0.1) is 0 Å². The lowest BCUT2D eigenvalue weighted by molar-refractivity contribution is 0.304. The summed E-state index contributed by atoms with van der Waals surface area (Å²) in [5.41, 5.74) is 0.771. The van der Waals surface area contributed by atoms with E-state index in [1.54, 1.807) is 12.4 Å². The maximum atomic E-state index is 4.39. The van der Waals surface area contributed by atoms with Gasteiger partial charge in [-0.3, -0.25) is 4.99 Å². The van der Waals surface area contributed by atoms with E-state index >= 15 is 0 Å². The summed E-state index contributed by atoms with van der Waals surface area (Å²) < 4.78 is 4.39. The molecule has 1 aromatic heterocycles. The zero-order chi connectivity index (χ0) is 8.65. The van der Waals surface area contributed by atoms with Gasteiger partial charge in [0.25, 0.3) is 0 Å². The van der Waals surface area contributed by atoms with E-state index in [0.717, 1.165) is 5.69 Å². The summed E-state index contributed by atoms with van der Waals surface area (Å²) in [4.78, 5) is 7.21. The van der Waals surface area contributed by atoms with E-state index in [0.29, 0.717) is 6.42 Å². The molecule has 5 nitrogen and oxygen atoms in total. The van der Waals surface area contributed by atoms with E-state index in [1.165, 1.54) is 6.34 Å². The lowest BCUT2D eigenvalue weighted by Gasteiger charge is -1.79. The number of aromatic nitrogens is 2. The molecule has 0 spiro atoms. The third-order valence-corrected chi connectivity index (χ3v) is 1.07. The molecule has 0 fully saturated rings. The van der Waals surface area contributed by atoms with Crippen LogP contribution in [0.15, 0.2) is 33.1 Å². The first-order valence-electron chi connectivity index (χ1n) is 3.32. The number of allylic oxidation sites excluding steroid dienone is 1. The maximum Gasteiger partial charge on any atom is 0.114 e. The average Bonchev–Trinajstić information content (AvgIpc) is 2.57. The summed E-state index contributed by atoms with van der Waals surface area (Å²) in [7, 11) is 0. The van der Waals surface area contributed by atoms with Crippen molar-refractivity contribution in [1.29, 1.82) is 0 Å². The molecule has 0 aliphatic carbocycles. The Morgan fingerprint density at radius 2 is 2.58 bits per heavy atom. The highest BCUT2D eigenvalue weighted by Gasteiger charge is 1.91. The Hall–Kier alpha value is -1.78. The van der Waals surface area contributed by atoms with Gasteiger partial charge >= 0.3 is 0 Å². The van der Waals surface area contributed by atoms with Crippen molar-refractivity contribution < 1.29 is 4.63 Å². The van der Waals surface area contributed by atoms with Crippen LogP contribution in [0.1, 0.15) is 5.69 Å². The molecular formula is C7H8N4O. The predicted octanol–water partition coefficient (Wildman–Crippen LogP) is 0.855. The molecule has 62 valence electrons. The molecule has 5 heteroatoms. The molecule has 1 heterocycles. The molecule has 0 aliphatic heterocycles. The summed E-state index contributed by atoms with van der Waals surface area (Å²) >= 11 is 0. The highest BCUT2D eigenvalue weighted by Crippen LogP contribution is 1.92. The van der Waals surface area contributed by atoms with Gasteiger partial charge in [-0.05, 0) is 6.72 Å². The number of nitrogens with zero attached hydrogens (tertiary/aromatic N) is 4. The molecule has 0 saturated heterocycles. The van der Waals surface area contributed by atoms with E-state index in [9.17, 15) is 0 Å². The quantitative estimate of drug-likeness (QED) is 0.489. The van der Waals surface area contributed by atoms with Crippen LogP contribution in [-0.2, 0) is 6.42 Å². The van der Waals surface area contributed by atoms with Crippen LogP contribution >= 0.6 is 0 Å². The molecule has 0 unspecified atom stereocenters. The second-order valence-corrected chi connectivity index (χ2v) is 1.93. The first-order valence-corrected chi connectivity index (χ1v) is 3.32. The number of hydrogen-bond donors (Lipinski definition) is 0. The Balaban J connectivity index is 2.30. The second kappa shape index (κ2) is 4.95. The molecule has 1 aromatic rings. The van der Waals surface area contributed by atoms with E-state index in [4.69, 9.17) is 0 Å². The van der Waals surface area contributed by atoms with Gasteiger partial charge in [-0.15, -0.1) is 0 Å². The average molecular weight is 164 g/mol. The minimum atomic E-state index is 0.651. The van der Waals surface area contributed by atoms with Gasteiger partial charge in [0.15, 0.2) is 0 Å². The van der Waals surface area contributed by atoms with Crippen molar-refractivity contribution in [3.05, 3.63) is 24.2 Å². The van der Waals surface area contributed by atoms with Gasteiger partial charge in [0.1, 0.15) is 12.0 Å². The largest absolute Gasteiger partial charge is 0.253 e. The van der Waals surface area contributed by atoms with Crippen LogP contribution in [0.4, 0.5) is 0 Å². The third-order valence-electron chi connectivity index (χ3n) is 1.07. The summed E-state index contributed by atoms with van der Waals surface area (Å²) in [6.07, 6.45) is 7.00. The van der Waals surface area contributed by atoms with E-state index in [1.807, 2.05) is 6.08 Å². The van der Waals surface area contributed by atoms with Gasteiger partial charge in [0.05, 0.1) is 6.20 Å². The first kappa shape index (κ1) is 8.32. The molecule has 0 saturated carbocycles. The molecule has 0 bridgehead atoms. The lowest BCUT2D eigenvalue weighted by atomic mass is 10.3. The Bertz CT molecular complexity index is 276. The zero-order valence-electron chi connectivity index (χ0n) is 6.42. The highest BCUT2D eigenvalue weighted by atomic mass is 16.6. The minimum absolute atomic E-state index is 0.651. The maximum absolute atomic E-state index is 4.39. The monoisotopic (exact) mass is 164 g/mol. The smallest absolute Gasteiger partial charge is 0.114 e. The van der Waals surface area contributed by atoms with Crippen molar-refractivity contribution in [2.24, 2.45) is 9.98 Å². The standard InChI is InChI=1S/C7H8N4O/c1-8-6-9-4-2-3-7-5-10-12-11-7/h2,4-6H,1,3H2/b4-2-,9-6-. The summed E-state index contributed by atoms with van der Waals surface area (Å²) in [6, 6.07) is 0. The molecule has 0 atom stereocenters. The fraction of sp³-hybridized carbons (Fsp3) is 0.143. The minimum Gasteiger partial charge on any atom is -0.253 e. The molecule has 1 rings (SSSR count). The van der Waals surface area contributed by atoms with Crippen molar-refractivity contribution in [1.82, 2.24) is 10.3 Å². The van der Waals surface area contributed by atoms with Crippen LogP contribution in [0.25, 0.3) is 0 Å². The van der Waals surface area contributed by atoms with E-state index in [-0.39, 0.29) is 0 Å². The number of hydrogen-bond acceptors (Lipinski definition) is 4. The predicted molar refractivity (Wildman–Crippen MR) is 45.2 cm³/mol. The normalized spacial score (nSPS) is 11.3. The Kier molecular flexibility index (Phi) is 3.43. The van der Waals surface area contributed by atoms with Gasteiger partial charge in [-0.1, -0.05) is 16.4 Å². The van der Waals surface area contributed by atoms with E-state index in [2.05, 4.69) is 31.6 Å². The fourth-order valence-electron chi connectivity index (χ4n) is 0.594. The molecule has 12 heavy (non-hydrogen) atoms. The summed E-state index contributed by atoms with van der Waals surface area (Å²) in [6.45, 7) is 3.24. The number of aliphatic imine (C=N–C) groups is 2. The Morgan fingerprint density at radius 1 is 1.67 bits per heavy atom. The van der Waals surface area contributed by atoms with Crippen molar-refractivity contribution in [3.63, 3.8) is 0 Å². The van der Waals surface area contributed by atoms with Crippen molar-refractivity contribution >= 4 is 13.1 Å². The lowest BCUT2D eigenvalue weighted by Crippen LogP contribution is -1.77.